The molecular formula is C56H52B2O2. The Balaban J connectivity index is 1.35. The first-order chi connectivity index (χ1) is 28.3. The van der Waals surface area contributed by atoms with Crippen molar-refractivity contribution in [3.05, 3.63) is 119 Å². The largest absolute Gasteiger partial charge is 0.458 e. The Morgan fingerprint density at radius 1 is 0.350 bits per heavy atom. The lowest BCUT2D eigenvalue weighted by Gasteiger charge is -2.39. The lowest BCUT2D eigenvalue weighted by molar-refractivity contribution is 0.483. The first-order valence-electron chi connectivity index (χ1n) is 22.1. The van der Waals surface area contributed by atoms with E-state index in [4.69, 9.17) is 9.47 Å². The van der Waals surface area contributed by atoms with Crippen LogP contribution < -0.4 is 42.3 Å². The zero-order valence-electron chi connectivity index (χ0n) is 37.2. The van der Waals surface area contributed by atoms with E-state index in [0.717, 1.165) is 23.0 Å². The van der Waals surface area contributed by atoms with Crippen molar-refractivity contribution in [1.82, 2.24) is 0 Å². The van der Waals surface area contributed by atoms with Gasteiger partial charge in [0.2, 0.25) is 0 Å². The van der Waals surface area contributed by atoms with Crippen LogP contribution in [-0.4, -0.2) is 13.4 Å². The van der Waals surface area contributed by atoms with E-state index in [2.05, 4.69) is 180 Å². The molecule has 0 fully saturated rings. The van der Waals surface area contributed by atoms with Crippen LogP contribution in [0, 0.1) is 0 Å². The third kappa shape index (κ3) is 4.69. The van der Waals surface area contributed by atoms with Crippen LogP contribution in [-0.2, 0) is 21.7 Å². The molecule has 0 spiro atoms. The molecule has 4 aliphatic rings. The first kappa shape index (κ1) is 36.4. The standard InChI is InChI=1S/C56H52B2O2/c1-53(2,3)29-21-33-31-25-37(55(7,8)9)35-28-42-48-32(34-22-30(54(4,5)6)24-46-52(34)58(42)40-18-14-16-20-44(40)60-46)26-38(56(10,11)12)36-27-41(47(31)49(35)50(36)48)57-39-17-13-15-19-43(39)59-45(23-29)51(33)57/h13-28H,1-12H3. The van der Waals surface area contributed by atoms with E-state index < -0.39 is 0 Å². The molecule has 294 valence electrons. The lowest BCUT2D eigenvalue weighted by atomic mass is 9.31. The van der Waals surface area contributed by atoms with Crippen LogP contribution in [0.1, 0.15) is 105 Å². The van der Waals surface area contributed by atoms with Crippen molar-refractivity contribution in [2.24, 2.45) is 0 Å². The van der Waals surface area contributed by atoms with Crippen molar-refractivity contribution in [3.8, 4) is 45.3 Å². The van der Waals surface area contributed by atoms with Crippen LogP contribution in [0.5, 0.6) is 23.0 Å². The fourth-order valence-electron chi connectivity index (χ4n) is 11.5. The molecule has 12 rings (SSSR count). The quantitative estimate of drug-likeness (QED) is 0.113. The van der Waals surface area contributed by atoms with Gasteiger partial charge in [0.15, 0.2) is 0 Å². The molecule has 0 saturated heterocycles. The molecule has 2 nitrogen and oxygen atoms in total. The van der Waals surface area contributed by atoms with Gasteiger partial charge in [-0.2, -0.15) is 0 Å². The minimum absolute atomic E-state index is 0.0495. The lowest BCUT2D eigenvalue weighted by Crippen LogP contribution is -2.58. The molecule has 4 heterocycles. The number of benzene rings is 8. The van der Waals surface area contributed by atoms with E-state index in [0.29, 0.717) is 0 Å². The summed E-state index contributed by atoms with van der Waals surface area (Å²) >= 11 is 0. The fourth-order valence-corrected chi connectivity index (χ4v) is 11.5. The molecule has 4 heteroatoms. The molecule has 0 N–H and O–H groups in total. The zero-order valence-corrected chi connectivity index (χ0v) is 37.2. The van der Waals surface area contributed by atoms with Crippen LogP contribution in [0.3, 0.4) is 0 Å². The summed E-state index contributed by atoms with van der Waals surface area (Å²) in [6.45, 7) is 28.5. The van der Waals surface area contributed by atoms with Gasteiger partial charge in [-0.3, -0.25) is 0 Å². The van der Waals surface area contributed by atoms with Gasteiger partial charge >= 0.3 is 0 Å². The topological polar surface area (TPSA) is 18.5 Å². The summed E-state index contributed by atoms with van der Waals surface area (Å²) in [7, 11) is 0. The normalized spacial score (nSPS) is 14.9. The second-order valence-corrected chi connectivity index (χ2v) is 22.5. The molecule has 0 saturated carbocycles. The summed E-state index contributed by atoms with van der Waals surface area (Å²) in [5, 5.41) is 8.41. The number of hydrogen-bond acceptors (Lipinski definition) is 2. The Bertz CT molecular complexity index is 3030. The number of hydrogen-bond donors (Lipinski definition) is 0. The SMILES string of the molecule is CC(C)(C)c1cc2c3c(c1)-c1cc(C(C)(C)C)c4cc5c6c(cc(C(C)(C)C)c7cc(c1c4c76)B3c1ccccc1O2)-c1cc(C(C)(C)C)cc2c1B5c1ccccc1O2. The highest BCUT2D eigenvalue weighted by Gasteiger charge is 2.45. The number of rotatable bonds is 0. The number of ether oxygens (including phenoxy) is 2. The predicted octanol–water partition coefficient (Wildman–Crippen LogP) is 11.0. The Kier molecular flexibility index (Phi) is 6.83. The predicted molar refractivity (Wildman–Crippen MR) is 258 cm³/mol. The maximum atomic E-state index is 6.95. The molecule has 0 atom stereocenters. The molecular weight excluding hydrogens is 726 g/mol. The van der Waals surface area contributed by atoms with Crippen molar-refractivity contribution in [2.75, 3.05) is 0 Å². The van der Waals surface area contributed by atoms with Gasteiger partial charge in [-0.15, -0.1) is 0 Å². The highest BCUT2D eigenvalue weighted by atomic mass is 16.5. The van der Waals surface area contributed by atoms with Crippen LogP contribution in [0.2, 0.25) is 0 Å². The molecule has 0 aromatic heterocycles. The van der Waals surface area contributed by atoms with E-state index in [9.17, 15) is 0 Å². The molecule has 8 aromatic carbocycles. The molecule has 0 amide bonds. The Morgan fingerprint density at radius 3 is 1.10 bits per heavy atom. The van der Waals surface area contributed by atoms with Gasteiger partial charge in [0.1, 0.15) is 23.0 Å². The van der Waals surface area contributed by atoms with Crippen molar-refractivity contribution in [2.45, 2.75) is 105 Å². The highest BCUT2D eigenvalue weighted by molar-refractivity contribution is 7.01. The molecule has 0 radical (unpaired) electrons. The molecule has 4 aliphatic heterocycles. The molecule has 0 bridgehead atoms. The molecule has 0 aliphatic carbocycles. The molecule has 0 unspecified atom stereocenters. The van der Waals surface area contributed by atoms with Gasteiger partial charge in [-0.25, -0.2) is 0 Å². The van der Waals surface area contributed by atoms with Crippen molar-refractivity contribution in [1.29, 1.82) is 0 Å². The third-order valence-electron chi connectivity index (χ3n) is 14.5. The zero-order chi connectivity index (χ0) is 41.7. The van der Waals surface area contributed by atoms with Crippen molar-refractivity contribution >= 4 is 78.5 Å². The fraction of sp³-hybridized carbons (Fsp3) is 0.286. The second kappa shape index (κ2) is 11.3. The van der Waals surface area contributed by atoms with Gasteiger partial charge in [-0.1, -0.05) is 155 Å². The maximum Gasteiger partial charge on any atom is 0.252 e. The third-order valence-corrected chi connectivity index (χ3v) is 14.5. The summed E-state index contributed by atoms with van der Waals surface area (Å²) < 4.78 is 13.9. The Hall–Kier alpha value is -5.47. The average Bonchev–Trinajstić information content (AvgIpc) is 3.18. The number of fused-ring (bicyclic) bond motifs is 8. The van der Waals surface area contributed by atoms with Crippen LogP contribution in [0.4, 0.5) is 0 Å². The Labute approximate surface area is 355 Å². The second-order valence-electron chi connectivity index (χ2n) is 22.5. The van der Waals surface area contributed by atoms with E-state index in [1.807, 2.05) is 0 Å². The summed E-state index contributed by atoms with van der Waals surface area (Å²) in [5.74, 6) is 3.92. The van der Waals surface area contributed by atoms with Crippen LogP contribution >= 0.6 is 0 Å². The van der Waals surface area contributed by atoms with Gasteiger partial charge < -0.3 is 9.47 Å². The van der Waals surface area contributed by atoms with Crippen molar-refractivity contribution in [3.63, 3.8) is 0 Å². The van der Waals surface area contributed by atoms with E-state index >= 15 is 0 Å². The summed E-state index contributed by atoms with van der Waals surface area (Å²) in [4.78, 5) is 0. The van der Waals surface area contributed by atoms with Gasteiger partial charge in [0.05, 0.1) is 0 Å². The van der Waals surface area contributed by atoms with Crippen LogP contribution in [0.25, 0.3) is 54.6 Å². The number of para-hydroxylation sites is 2. The monoisotopic (exact) mass is 778 g/mol. The molecule has 8 aromatic rings. The van der Waals surface area contributed by atoms with E-state index in [-0.39, 0.29) is 35.1 Å². The minimum atomic E-state index is -0.129. The van der Waals surface area contributed by atoms with E-state index in [1.54, 1.807) is 0 Å². The van der Waals surface area contributed by atoms with E-state index in [1.165, 1.54) is 110 Å². The summed E-state index contributed by atoms with van der Waals surface area (Å²) in [6, 6.07) is 37.7. The first-order valence-corrected chi connectivity index (χ1v) is 22.1. The van der Waals surface area contributed by atoms with Crippen LogP contribution in [0.15, 0.2) is 97.1 Å². The summed E-state index contributed by atoms with van der Waals surface area (Å²) in [6.07, 6.45) is 0. The Morgan fingerprint density at radius 2 is 0.733 bits per heavy atom. The summed E-state index contributed by atoms with van der Waals surface area (Å²) in [5.41, 5.74) is 18.2. The maximum absolute atomic E-state index is 6.95. The highest BCUT2D eigenvalue weighted by Crippen LogP contribution is 2.51. The van der Waals surface area contributed by atoms with Gasteiger partial charge in [-0.05, 0) is 157 Å². The van der Waals surface area contributed by atoms with Gasteiger partial charge in [0.25, 0.3) is 13.4 Å². The van der Waals surface area contributed by atoms with Gasteiger partial charge in [0, 0.05) is 0 Å². The molecule has 60 heavy (non-hydrogen) atoms. The average molecular weight is 779 g/mol. The van der Waals surface area contributed by atoms with Crippen molar-refractivity contribution < 1.29 is 9.47 Å². The minimum Gasteiger partial charge on any atom is -0.458 e. The smallest absolute Gasteiger partial charge is 0.252 e.